The number of carbonyl (C=O) groups excluding carboxylic acids is 3. The summed E-state index contributed by atoms with van der Waals surface area (Å²) >= 11 is 0. The quantitative estimate of drug-likeness (QED) is 0.360. The Hall–Kier alpha value is -3.10. The highest BCUT2D eigenvalue weighted by Crippen LogP contribution is 2.18. The van der Waals surface area contributed by atoms with Gasteiger partial charge in [-0.25, -0.2) is 4.79 Å². The van der Waals surface area contributed by atoms with Gasteiger partial charge in [0.05, 0.1) is 0 Å². The first kappa shape index (κ1) is 26.9. The number of aryl methyl sites for hydroxylation is 2. The average molecular weight is 450 g/mol. The predicted molar refractivity (Wildman–Crippen MR) is 121 cm³/mol. The van der Waals surface area contributed by atoms with Crippen molar-refractivity contribution in [1.82, 2.24) is 5.32 Å². The number of nitrogens with two attached hydrogens (primary N) is 1. The molecule has 0 saturated carbocycles. The number of anilines is 1. The summed E-state index contributed by atoms with van der Waals surface area (Å²) in [6, 6.07) is 4.68. The smallest absolute Gasteiger partial charge is 0.408 e. The normalized spacial score (nSPS) is 12.0. The van der Waals surface area contributed by atoms with Crippen LogP contribution in [0.5, 0.6) is 0 Å². The molecule has 0 aliphatic heterocycles. The van der Waals surface area contributed by atoms with E-state index in [0.29, 0.717) is 12.1 Å². The van der Waals surface area contributed by atoms with Gasteiger partial charge in [0.2, 0.25) is 11.8 Å². The van der Waals surface area contributed by atoms with Gasteiger partial charge in [0.25, 0.3) is 0 Å². The van der Waals surface area contributed by atoms with E-state index in [9.17, 15) is 19.2 Å². The number of primary amides is 1. The van der Waals surface area contributed by atoms with Gasteiger partial charge in [0.15, 0.2) is 0 Å². The van der Waals surface area contributed by atoms with Crippen LogP contribution in [0.1, 0.15) is 70.4 Å². The number of ether oxygens (including phenoxy) is 1. The fourth-order valence-electron chi connectivity index (χ4n) is 3.10. The maximum absolute atomic E-state index is 12.8. The number of carboxylic acids is 1. The molecular weight excluding hydrogens is 414 g/mol. The minimum Gasteiger partial charge on any atom is -0.481 e. The first-order valence-electron chi connectivity index (χ1n) is 10.8. The van der Waals surface area contributed by atoms with Crippen LogP contribution in [0.3, 0.4) is 0 Å². The lowest BCUT2D eigenvalue weighted by Gasteiger charge is -2.23. The third-order valence-corrected chi connectivity index (χ3v) is 4.45. The minimum absolute atomic E-state index is 0.0443. The maximum atomic E-state index is 12.8. The number of nitrogens with one attached hydrogen (secondary N) is 2. The zero-order valence-corrected chi connectivity index (χ0v) is 19.3. The maximum Gasteiger partial charge on any atom is 0.408 e. The number of benzene rings is 1. The number of carbonyl (C=O) groups is 4. The summed E-state index contributed by atoms with van der Waals surface area (Å²) < 4.78 is 5.21. The van der Waals surface area contributed by atoms with Gasteiger partial charge in [0, 0.05) is 18.5 Å². The van der Waals surface area contributed by atoms with Crippen LogP contribution in [-0.2, 0) is 25.5 Å². The lowest BCUT2D eigenvalue weighted by molar-refractivity contribution is -0.137. The number of alkyl carbamates (subject to hydrolysis) is 1. The van der Waals surface area contributed by atoms with Crippen molar-refractivity contribution in [2.24, 2.45) is 5.73 Å². The molecule has 9 heteroatoms. The van der Waals surface area contributed by atoms with E-state index in [4.69, 9.17) is 15.6 Å². The van der Waals surface area contributed by atoms with E-state index in [1.54, 1.807) is 20.8 Å². The van der Waals surface area contributed by atoms with E-state index in [1.807, 2.05) is 25.1 Å². The highest BCUT2D eigenvalue weighted by Gasteiger charge is 2.25. The van der Waals surface area contributed by atoms with Crippen LogP contribution < -0.4 is 16.4 Å². The van der Waals surface area contributed by atoms with Crippen molar-refractivity contribution < 1.29 is 29.0 Å². The Morgan fingerprint density at radius 3 is 2.34 bits per heavy atom. The van der Waals surface area contributed by atoms with Crippen LogP contribution in [0.2, 0.25) is 0 Å². The van der Waals surface area contributed by atoms with Gasteiger partial charge < -0.3 is 26.2 Å². The summed E-state index contributed by atoms with van der Waals surface area (Å²) in [5.74, 6) is -1.85. The second-order valence-electron chi connectivity index (χ2n) is 8.85. The van der Waals surface area contributed by atoms with Crippen molar-refractivity contribution >= 4 is 29.6 Å². The molecule has 1 rings (SSSR count). The fraction of sp³-hybridized carbons (Fsp3) is 0.565. The first-order valence-corrected chi connectivity index (χ1v) is 10.8. The lowest BCUT2D eigenvalue weighted by atomic mass is 10.0. The summed E-state index contributed by atoms with van der Waals surface area (Å²) in [6.45, 7) is 7.04. The zero-order chi connectivity index (χ0) is 24.3. The number of hydrogen-bond donors (Lipinski definition) is 4. The molecule has 0 bridgehead atoms. The molecule has 0 aromatic heterocycles. The van der Waals surface area contributed by atoms with Gasteiger partial charge >= 0.3 is 12.1 Å². The highest BCUT2D eigenvalue weighted by molar-refractivity contribution is 5.97. The molecule has 178 valence electrons. The summed E-state index contributed by atoms with van der Waals surface area (Å²) in [4.78, 5) is 46.7. The summed E-state index contributed by atoms with van der Waals surface area (Å²) in [5, 5.41) is 14.0. The van der Waals surface area contributed by atoms with Crippen LogP contribution in [-0.4, -0.2) is 40.6 Å². The molecule has 0 saturated heterocycles. The van der Waals surface area contributed by atoms with Gasteiger partial charge in [-0.05, 0) is 76.6 Å². The van der Waals surface area contributed by atoms with Gasteiger partial charge in [-0.3, -0.25) is 14.4 Å². The SMILES string of the molecule is Cc1cc(CCCCCC(=O)O)cc(NC(=O)[C@H](CCC(N)=O)NC(=O)OC(C)(C)C)c1. The zero-order valence-electron chi connectivity index (χ0n) is 19.3. The molecule has 1 aromatic carbocycles. The predicted octanol–water partition coefficient (Wildman–Crippen LogP) is 3.28. The van der Waals surface area contributed by atoms with Crippen LogP contribution in [0.15, 0.2) is 18.2 Å². The molecule has 0 heterocycles. The monoisotopic (exact) mass is 449 g/mol. The van der Waals surface area contributed by atoms with Crippen LogP contribution in [0, 0.1) is 6.92 Å². The van der Waals surface area contributed by atoms with E-state index in [2.05, 4.69) is 10.6 Å². The molecule has 0 spiro atoms. The van der Waals surface area contributed by atoms with Gasteiger partial charge in [0.1, 0.15) is 11.6 Å². The molecule has 5 N–H and O–H groups in total. The number of hydrogen-bond acceptors (Lipinski definition) is 5. The Labute approximate surface area is 189 Å². The molecule has 1 aromatic rings. The second kappa shape index (κ2) is 12.7. The lowest BCUT2D eigenvalue weighted by Crippen LogP contribution is -2.46. The summed E-state index contributed by atoms with van der Waals surface area (Å²) in [5.41, 5.74) is 7.02. The van der Waals surface area contributed by atoms with Gasteiger partial charge in [-0.2, -0.15) is 0 Å². The third kappa shape index (κ3) is 11.9. The van der Waals surface area contributed by atoms with E-state index in [1.165, 1.54) is 0 Å². The second-order valence-corrected chi connectivity index (χ2v) is 8.85. The number of carboxylic acid groups (broad SMARTS) is 1. The molecule has 0 fully saturated rings. The van der Waals surface area contributed by atoms with E-state index < -0.39 is 35.5 Å². The van der Waals surface area contributed by atoms with Crippen LogP contribution >= 0.6 is 0 Å². The Bertz CT molecular complexity index is 816. The van der Waals surface area contributed by atoms with E-state index in [-0.39, 0.29) is 19.3 Å². The van der Waals surface area contributed by atoms with Crippen molar-refractivity contribution in [3.8, 4) is 0 Å². The molecule has 32 heavy (non-hydrogen) atoms. The molecule has 0 aliphatic carbocycles. The molecule has 0 unspecified atom stereocenters. The molecule has 0 aliphatic rings. The van der Waals surface area contributed by atoms with E-state index in [0.717, 1.165) is 30.4 Å². The van der Waals surface area contributed by atoms with Gasteiger partial charge in [-0.15, -0.1) is 0 Å². The first-order chi connectivity index (χ1) is 14.9. The average Bonchev–Trinajstić information content (AvgIpc) is 2.62. The fourth-order valence-corrected chi connectivity index (χ4v) is 3.10. The number of rotatable bonds is 12. The number of unbranched alkanes of at least 4 members (excludes halogenated alkanes) is 2. The van der Waals surface area contributed by atoms with Gasteiger partial charge in [-0.1, -0.05) is 12.5 Å². The molecule has 0 radical (unpaired) electrons. The Balaban J connectivity index is 2.80. The largest absolute Gasteiger partial charge is 0.481 e. The molecular formula is C23H35N3O6. The molecule has 3 amide bonds. The number of aliphatic carboxylic acids is 1. The Morgan fingerprint density at radius 1 is 1.06 bits per heavy atom. The third-order valence-electron chi connectivity index (χ3n) is 4.45. The van der Waals surface area contributed by atoms with Crippen LogP contribution in [0.25, 0.3) is 0 Å². The Morgan fingerprint density at radius 2 is 1.75 bits per heavy atom. The van der Waals surface area contributed by atoms with Crippen molar-refractivity contribution in [3.05, 3.63) is 29.3 Å². The topological polar surface area (TPSA) is 148 Å². The molecule has 1 atom stereocenters. The van der Waals surface area contributed by atoms with Crippen molar-refractivity contribution in [2.75, 3.05) is 5.32 Å². The van der Waals surface area contributed by atoms with Crippen molar-refractivity contribution in [3.63, 3.8) is 0 Å². The standard InChI is InChI=1S/C23H35N3O6/c1-15-12-16(8-6-5-7-9-20(28)29)14-17(13-15)25-21(30)18(10-11-19(24)27)26-22(31)32-23(2,3)4/h12-14,18H,5-11H2,1-4H3,(H2,24,27)(H,25,30)(H,26,31)(H,28,29)/t18-/m0/s1. The summed E-state index contributed by atoms with van der Waals surface area (Å²) in [7, 11) is 0. The van der Waals surface area contributed by atoms with Crippen LogP contribution in [0.4, 0.5) is 10.5 Å². The summed E-state index contributed by atoms with van der Waals surface area (Å²) in [6.07, 6.45) is 2.41. The minimum atomic E-state index is -0.989. The Kier molecular flexibility index (Phi) is 10.7. The van der Waals surface area contributed by atoms with Crippen molar-refractivity contribution in [1.29, 1.82) is 0 Å². The highest BCUT2D eigenvalue weighted by atomic mass is 16.6. The van der Waals surface area contributed by atoms with Crippen molar-refractivity contribution in [2.45, 2.75) is 84.3 Å². The molecule has 9 nitrogen and oxygen atoms in total. The number of amides is 3. The van der Waals surface area contributed by atoms with E-state index >= 15 is 0 Å².